The lowest BCUT2D eigenvalue weighted by Gasteiger charge is -2.18. The summed E-state index contributed by atoms with van der Waals surface area (Å²) in [7, 11) is -4.81. The molecule has 0 spiro atoms. The average Bonchev–Trinajstić information content (AvgIpc) is 2.32. The van der Waals surface area contributed by atoms with Crippen LogP contribution < -0.4 is 0 Å². The summed E-state index contributed by atoms with van der Waals surface area (Å²) in [4.78, 5) is 50.7. The van der Waals surface area contributed by atoms with Gasteiger partial charge in [-0.15, -0.1) is 0 Å². The summed E-state index contributed by atoms with van der Waals surface area (Å²) in [5.41, 5.74) is -2.74. The lowest BCUT2D eigenvalue weighted by molar-refractivity contribution is -0.170. The SMILES string of the molecule is O=C(O)CC(O)(CC(=O)O)C(=O)O.O=C(O)CCC(=O)OS(=O)(=O)O. The molecule has 0 rings (SSSR count). The first kappa shape index (κ1) is 24.5. The second kappa shape index (κ2) is 10.2. The van der Waals surface area contributed by atoms with Crippen LogP contribution in [0.4, 0.5) is 0 Å². The fraction of sp³-hybridized carbons (Fsp3) is 0.500. The molecule has 0 aromatic carbocycles. The Balaban J connectivity index is 0. The number of aliphatic hydroxyl groups is 1. The van der Waals surface area contributed by atoms with Crippen LogP contribution in [-0.4, -0.2) is 74.0 Å². The first-order valence-electron chi connectivity index (χ1n) is 5.90. The van der Waals surface area contributed by atoms with Gasteiger partial charge in [0.05, 0.1) is 25.7 Å². The molecule has 0 bridgehead atoms. The predicted octanol–water partition coefficient (Wildman–Crippen LogP) is -2.05. The largest absolute Gasteiger partial charge is 0.481 e. The van der Waals surface area contributed by atoms with Gasteiger partial charge in [0.1, 0.15) is 0 Å². The third-order valence-corrected chi connectivity index (χ3v) is 2.42. The van der Waals surface area contributed by atoms with Gasteiger partial charge >= 0.3 is 40.2 Å². The minimum Gasteiger partial charge on any atom is -0.481 e. The number of carbonyl (C=O) groups is 5. The highest BCUT2D eigenvalue weighted by atomic mass is 32.3. The molecular formula is C10H14O14S. The molecule has 0 unspecified atom stereocenters. The number of carbonyl (C=O) groups excluding carboxylic acids is 1. The second-order valence-corrected chi connectivity index (χ2v) is 5.28. The third-order valence-electron chi connectivity index (χ3n) is 2.03. The summed E-state index contributed by atoms with van der Waals surface area (Å²) >= 11 is 0. The number of hydrogen-bond donors (Lipinski definition) is 6. The third kappa shape index (κ3) is 14.5. The van der Waals surface area contributed by atoms with Crippen LogP contribution in [-0.2, 0) is 38.6 Å². The minimum absolute atomic E-state index is 0.547. The highest BCUT2D eigenvalue weighted by Gasteiger charge is 2.40. The van der Waals surface area contributed by atoms with E-state index in [0.29, 0.717) is 0 Å². The standard InChI is InChI=1S/C6H8O7.C4H6O7S/c7-3(8)1-6(13,5(11)12)2-4(9)10;5-3(6)1-2-4(7)11-12(8,9)10/h13H,1-2H2,(H,7,8)(H,9,10)(H,11,12);1-2H2,(H,5,6)(H,8,9,10). The van der Waals surface area contributed by atoms with Gasteiger partial charge < -0.3 is 29.7 Å². The van der Waals surface area contributed by atoms with Crippen molar-refractivity contribution < 1.29 is 66.7 Å². The molecule has 0 radical (unpaired) electrons. The zero-order chi connectivity index (χ0) is 20.4. The van der Waals surface area contributed by atoms with Crippen LogP contribution in [0.1, 0.15) is 25.7 Å². The molecule has 0 fully saturated rings. The van der Waals surface area contributed by atoms with Crippen LogP contribution in [0, 0.1) is 0 Å². The van der Waals surface area contributed by atoms with Gasteiger partial charge in [0, 0.05) is 0 Å². The predicted molar refractivity (Wildman–Crippen MR) is 71.6 cm³/mol. The smallest absolute Gasteiger partial charge is 0.448 e. The number of carboxylic acids is 4. The van der Waals surface area contributed by atoms with Gasteiger partial charge in [0.15, 0.2) is 5.60 Å². The molecule has 0 aliphatic carbocycles. The van der Waals surface area contributed by atoms with Crippen molar-refractivity contribution in [2.45, 2.75) is 31.3 Å². The summed E-state index contributed by atoms with van der Waals surface area (Å²) in [5.74, 6) is -7.59. The summed E-state index contributed by atoms with van der Waals surface area (Å²) in [5, 5.41) is 41.9. The molecule has 0 atom stereocenters. The zero-order valence-corrected chi connectivity index (χ0v) is 13.0. The molecule has 0 saturated heterocycles. The first-order valence-corrected chi connectivity index (χ1v) is 7.26. The van der Waals surface area contributed by atoms with Crippen LogP contribution in [0.25, 0.3) is 0 Å². The molecule has 0 heterocycles. The maximum absolute atomic E-state index is 10.3. The lowest BCUT2D eigenvalue weighted by Crippen LogP contribution is -2.42. The van der Waals surface area contributed by atoms with E-state index in [1.165, 1.54) is 0 Å². The molecular weight excluding hydrogens is 376 g/mol. The maximum atomic E-state index is 10.3. The highest BCUT2D eigenvalue weighted by Crippen LogP contribution is 2.15. The van der Waals surface area contributed by atoms with E-state index in [0.717, 1.165) is 0 Å². The highest BCUT2D eigenvalue weighted by molar-refractivity contribution is 7.81. The van der Waals surface area contributed by atoms with Crippen molar-refractivity contribution in [1.82, 2.24) is 0 Å². The van der Waals surface area contributed by atoms with Crippen molar-refractivity contribution in [3.05, 3.63) is 0 Å². The van der Waals surface area contributed by atoms with Crippen molar-refractivity contribution >= 4 is 40.2 Å². The Morgan fingerprint density at radius 2 is 1.20 bits per heavy atom. The first-order chi connectivity index (χ1) is 11.1. The summed E-state index contributed by atoms with van der Waals surface area (Å²) in [6.45, 7) is 0. The molecule has 14 nitrogen and oxygen atoms in total. The van der Waals surface area contributed by atoms with Crippen molar-refractivity contribution in [2.75, 3.05) is 0 Å². The summed E-state index contributed by atoms with van der Waals surface area (Å²) < 4.78 is 31.1. The average molecular weight is 390 g/mol. The van der Waals surface area contributed by atoms with Gasteiger partial charge in [-0.3, -0.25) is 23.7 Å². The van der Waals surface area contributed by atoms with Crippen molar-refractivity contribution in [3.63, 3.8) is 0 Å². The normalized spacial score (nSPS) is 10.8. The topological polar surface area (TPSA) is 250 Å². The van der Waals surface area contributed by atoms with Crippen LogP contribution >= 0.6 is 0 Å². The second-order valence-electron chi connectivity index (χ2n) is 4.25. The molecule has 25 heavy (non-hydrogen) atoms. The van der Waals surface area contributed by atoms with Crippen molar-refractivity contribution in [3.8, 4) is 0 Å². The van der Waals surface area contributed by atoms with Crippen molar-refractivity contribution in [1.29, 1.82) is 0 Å². The number of aliphatic carboxylic acids is 4. The Hall–Kier alpha value is -2.78. The molecule has 15 heteroatoms. The monoisotopic (exact) mass is 390 g/mol. The van der Waals surface area contributed by atoms with E-state index in [-0.39, 0.29) is 0 Å². The Kier molecular flexibility index (Phi) is 9.95. The van der Waals surface area contributed by atoms with E-state index in [2.05, 4.69) is 4.18 Å². The molecule has 6 N–H and O–H groups in total. The zero-order valence-electron chi connectivity index (χ0n) is 12.2. The molecule has 0 aromatic rings. The fourth-order valence-electron chi connectivity index (χ4n) is 1.08. The lowest BCUT2D eigenvalue weighted by atomic mass is 9.96. The van der Waals surface area contributed by atoms with E-state index < -0.39 is 71.5 Å². The van der Waals surface area contributed by atoms with E-state index in [1.54, 1.807) is 0 Å². The molecule has 144 valence electrons. The van der Waals surface area contributed by atoms with Gasteiger partial charge in [-0.2, -0.15) is 8.42 Å². The number of carboxylic acid groups (broad SMARTS) is 4. The van der Waals surface area contributed by atoms with Gasteiger partial charge in [-0.25, -0.2) is 4.79 Å². The Bertz CT molecular complexity index is 616. The quantitative estimate of drug-likeness (QED) is 0.232. The van der Waals surface area contributed by atoms with E-state index >= 15 is 0 Å². The minimum atomic E-state index is -4.81. The van der Waals surface area contributed by atoms with Crippen molar-refractivity contribution in [2.24, 2.45) is 0 Å². The van der Waals surface area contributed by atoms with Gasteiger partial charge in [-0.05, 0) is 0 Å². The van der Waals surface area contributed by atoms with Crippen LogP contribution in [0.5, 0.6) is 0 Å². The molecule has 0 aromatic heterocycles. The summed E-state index contributed by atoms with van der Waals surface area (Å²) in [6.07, 6.45) is -3.44. The van der Waals surface area contributed by atoms with E-state index in [1.807, 2.05) is 0 Å². The van der Waals surface area contributed by atoms with E-state index in [4.69, 9.17) is 30.1 Å². The Labute approximate surface area is 139 Å². The van der Waals surface area contributed by atoms with Gasteiger partial charge in [-0.1, -0.05) is 0 Å². The Morgan fingerprint density at radius 1 is 0.800 bits per heavy atom. The molecule has 0 aliphatic rings. The van der Waals surface area contributed by atoms with Gasteiger partial charge in [0.25, 0.3) is 0 Å². The number of hydrogen-bond acceptors (Lipinski definition) is 9. The van der Waals surface area contributed by atoms with Crippen LogP contribution in [0.2, 0.25) is 0 Å². The number of rotatable bonds is 9. The molecule has 0 amide bonds. The van der Waals surface area contributed by atoms with Crippen LogP contribution in [0.3, 0.4) is 0 Å². The van der Waals surface area contributed by atoms with E-state index in [9.17, 15) is 32.4 Å². The maximum Gasteiger partial charge on any atom is 0.448 e. The fourth-order valence-corrected chi connectivity index (χ4v) is 1.40. The van der Waals surface area contributed by atoms with Gasteiger partial charge in [0.2, 0.25) is 0 Å². The molecule has 0 aliphatic heterocycles. The summed E-state index contributed by atoms with van der Waals surface area (Å²) in [6, 6.07) is 0. The molecule has 0 saturated carbocycles. The van der Waals surface area contributed by atoms with Crippen LogP contribution in [0.15, 0.2) is 0 Å². The Morgan fingerprint density at radius 3 is 1.44 bits per heavy atom.